The molecule has 1 N–H and O–H groups in total. The summed E-state index contributed by atoms with van der Waals surface area (Å²) in [5, 5.41) is 8.57. The molecular weight excluding hydrogens is 242 g/mol. The van der Waals surface area contributed by atoms with Crippen molar-refractivity contribution in [3.8, 4) is 5.88 Å². The van der Waals surface area contributed by atoms with Crippen molar-refractivity contribution in [3.63, 3.8) is 0 Å². The first-order valence-electron chi connectivity index (χ1n) is 5.59. The minimum absolute atomic E-state index is 0.339. The normalized spacial score (nSPS) is 20.3. The van der Waals surface area contributed by atoms with E-state index in [2.05, 4.69) is 20.6 Å². The van der Waals surface area contributed by atoms with Crippen molar-refractivity contribution in [1.29, 1.82) is 0 Å². The van der Waals surface area contributed by atoms with Gasteiger partial charge < -0.3 is 14.7 Å². The van der Waals surface area contributed by atoms with E-state index in [4.69, 9.17) is 9.84 Å². The summed E-state index contributed by atoms with van der Waals surface area (Å²) in [7, 11) is 0. The van der Waals surface area contributed by atoms with Gasteiger partial charge in [0.05, 0.1) is 11.7 Å². The number of hydrogen-bond acceptors (Lipinski definition) is 6. The van der Waals surface area contributed by atoms with Gasteiger partial charge in [-0.05, 0) is 18.8 Å². The van der Waals surface area contributed by atoms with Gasteiger partial charge in [0.15, 0.2) is 6.61 Å². The molecule has 0 aliphatic carbocycles. The van der Waals surface area contributed by atoms with Gasteiger partial charge in [-0.15, -0.1) is 4.37 Å². The first-order chi connectivity index (χ1) is 8.16. The third kappa shape index (κ3) is 3.06. The third-order valence-electron chi connectivity index (χ3n) is 2.73. The van der Waals surface area contributed by atoms with Gasteiger partial charge in [0, 0.05) is 13.1 Å². The van der Waals surface area contributed by atoms with Crippen LogP contribution in [-0.2, 0) is 4.79 Å². The first-order valence-corrected chi connectivity index (χ1v) is 6.32. The molecule has 7 heteroatoms. The molecule has 2 heterocycles. The highest BCUT2D eigenvalue weighted by Crippen LogP contribution is 2.29. The summed E-state index contributed by atoms with van der Waals surface area (Å²) >= 11 is 1.05. The molecule has 0 saturated carbocycles. The lowest BCUT2D eigenvalue weighted by atomic mass is 10.0. The van der Waals surface area contributed by atoms with Gasteiger partial charge in [-0.25, -0.2) is 4.79 Å². The molecule has 1 aromatic heterocycles. The summed E-state index contributed by atoms with van der Waals surface area (Å²) in [5.41, 5.74) is 0. The number of carboxylic acids is 1. The van der Waals surface area contributed by atoms with Crippen LogP contribution >= 0.6 is 11.7 Å². The molecule has 0 bridgehead atoms. The van der Waals surface area contributed by atoms with Gasteiger partial charge in [0.25, 0.3) is 5.88 Å². The van der Waals surface area contributed by atoms with Crippen molar-refractivity contribution < 1.29 is 14.6 Å². The summed E-state index contributed by atoms with van der Waals surface area (Å²) in [4.78, 5) is 12.6. The van der Waals surface area contributed by atoms with Crippen LogP contribution in [0.5, 0.6) is 5.88 Å². The molecule has 1 aliphatic rings. The molecule has 6 nitrogen and oxygen atoms in total. The predicted octanol–water partition coefficient (Wildman–Crippen LogP) is 1.24. The highest BCUT2D eigenvalue weighted by atomic mass is 32.1. The monoisotopic (exact) mass is 257 g/mol. The van der Waals surface area contributed by atoms with Crippen molar-refractivity contribution >= 4 is 23.5 Å². The predicted molar refractivity (Wildman–Crippen MR) is 63.7 cm³/mol. The fraction of sp³-hybridized carbons (Fsp3) is 0.700. The van der Waals surface area contributed by atoms with E-state index in [-0.39, 0.29) is 6.61 Å². The van der Waals surface area contributed by atoms with Gasteiger partial charge in [0.2, 0.25) is 5.82 Å². The van der Waals surface area contributed by atoms with E-state index in [1.807, 2.05) is 0 Å². The van der Waals surface area contributed by atoms with Crippen LogP contribution in [0.1, 0.15) is 19.8 Å². The van der Waals surface area contributed by atoms with E-state index in [0.29, 0.717) is 17.6 Å². The third-order valence-corrected chi connectivity index (χ3v) is 3.23. The number of ether oxygens (including phenoxy) is 1. The lowest BCUT2D eigenvalue weighted by Gasteiger charge is -2.30. The maximum absolute atomic E-state index is 10.5. The number of aromatic nitrogens is 2. The molecule has 0 radical (unpaired) electrons. The maximum atomic E-state index is 10.5. The molecule has 0 amide bonds. The fourth-order valence-corrected chi connectivity index (χ4v) is 2.49. The number of piperidine rings is 1. The summed E-state index contributed by atoms with van der Waals surface area (Å²) in [5.74, 6) is 0.642. The maximum Gasteiger partial charge on any atom is 0.341 e. The Hall–Kier alpha value is -1.37. The summed E-state index contributed by atoms with van der Waals surface area (Å²) in [6.45, 7) is 3.68. The molecule has 1 atom stereocenters. The average molecular weight is 257 g/mol. The summed E-state index contributed by atoms with van der Waals surface area (Å²) in [6.07, 6.45) is 2.34. The van der Waals surface area contributed by atoms with Crippen LogP contribution in [0.4, 0.5) is 5.82 Å². The van der Waals surface area contributed by atoms with E-state index in [1.54, 1.807) is 0 Å². The van der Waals surface area contributed by atoms with E-state index in [0.717, 1.165) is 31.2 Å². The molecular formula is C10H15N3O3S. The highest BCUT2D eigenvalue weighted by molar-refractivity contribution is 6.99. The van der Waals surface area contributed by atoms with Crippen molar-refractivity contribution in [2.24, 2.45) is 5.92 Å². The molecule has 94 valence electrons. The van der Waals surface area contributed by atoms with Crippen LogP contribution in [0.3, 0.4) is 0 Å². The summed E-state index contributed by atoms with van der Waals surface area (Å²) in [6, 6.07) is 0. The molecule has 1 unspecified atom stereocenters. The number of anilines is 1. The number of hydrogen-bond donors (Lipinski definition) is 1. The number of carboxylic acid groups (broad SMARTS) is 1. The standard InChI is InChI=1S/C10H15N3O3S/c1-7-3-2-4-13(5-7)9-10(12-17-11-9)16-6-8(14)15/h7H,2-6H2,1H3,(H,14,15). The van der Waals surface area contributed by atoms with Crippen LogP contribution in [0.25, 0.3) is 0 Å². The van der Waals surface area contributed by atoms with Crippen molar-refractivity contribution in [2.75, 3.05) is 24.6 Å². The minimum atomic E-state index is -1.00. The fourth-order valence-electron chi connectivity index (χ4n) is 1.97. The van der Waals surface area contributed by atoms with Gasteiger partial charge >= 0.3 is 5.97 Å². The topological polar surface area (TPSA) is 75.5 Å². The van der Waals surface area contributed by atoms with Crippen molar-refractivity contribution in [3.05, 3.63) is 0 Å². The van der Waals surface area contributed by atoms with Gasteiger partial charge in [0.1, 0.15) is 0 Å². The quantitative estimate of drug-likeness (QED) is 0.874. The Morgan fingerprint density at radius 1 is 1.65 bits per heavy atom. The van der Waals surface area contributed by atoms with Gasteiger partial charge in [-0.1, -0.05) is 6.92 Å². The minimum Gasteiger partial charge on any atom is -0.479 e. The van der Waals surface area contributed by atoms with Crippen LogP contribution in [0.2, 0.25) is 0 Å². The van der Waals surface area contributed by atoms with E-state index < -0.39 is 5.97 Å². The number of carbonyl (C=O) groups is 1. The smallest absolute Gasteiger partial charge is 0.341 e. The Kier molecular flexibility index (Phi) is 3.78. The second kappa shape index (κ2) is 5.31. The van der Waals surface area contributed by atoms with Crippen molar-refractivity contribution in [2.45, 2.75) is 19.8 Å². The molecule has 1 aliphatic heterocycles. The molecule has 0 aromatic carbocycles. The highest BCUT2D eigenvalue weighted by Gasteiger charge is 2.23. The van der Waals surface area contributed by atoms with Crippen molar-refractivity contribution in [1.82, 2.24) is 8.75 Å². The molecule has 0 spiro atoms. The van der Waals surface area contributed by atoms with E-state index in [9.17, 15) is 4.79 Å². The lowest BCUT2D eigenvalue weighted by molar-refractivity contribution is -0.139. The second-order valence-corrected chi connectivity index (χ2v) is 4.80. The molecule has 1 aromatic rings. The van der Waals surface area contributed by atoms with Gasteiger partial charge in [-0.2, -0.15) is 4.37 Å². The average Bonchev–Trinajstić information content (AvgIpc) is 2.74. The van der Waals surface area contributed by atoms with Gasteiger partial charge in [-0.3, -0.25) is 0 Å². The Labute approximate surface area is 104 Å². The van der Waals surface area contributed by atoms with Crippen LogP contribution < -0.4 is 9.64 Å². The zero-order valence-corrected chi connectivity index (χ0v) is 10.4. The Balaban J connectivity index is 2.04. The largest absolute Gasteiger partial charge is 0.479 e. The van der Waals surface area contributed by atoms with E-state index in [1.165, 1.54) is 6.42 Å². The zero-order valence-electron chi connectivity index (χ0n) is 9.63. The Morgan fingerprint density at radius 2 is 2.47 bits per heavy atom. The van der Waals surface area contributed by atoms with Crippen LogP contribution in [0.15, 0.2) is 0 Å². The molecule has 17 heavy (non-hydrogen) atoms. The van der Waals surface area contributed by atoms with E-state index >= 15 is 0 Å². The molecule has 1 fully saturated rings. The summed E-state index contributed by atoms with van der Waals surface area (Å²) < 4.78 is 13.3. The zero-order chi connectivity index (χ0) is 12.3. The number of rotatable bonds is 4. The number of nitrogens with zero attached hydrogens (tertiary/aromatic N) is 3. The van der Waals surface area contributed by atoms with Crippen LogP contribution in [-0.4, -0.2) is 39.5 Å². The second-order valence-electron chi connectivity index (χ2n) is 4.27. The molecule has 2 rings (SSSR count). The SMILES string of the molecule is CC1CCCN(c2nsnc2OCC(=O)O)C1. The lowest BCUT2D eigenvalue weighted by Crippen LogP contribution is -2.34. The Bertz CT molecular complexity index is 396. The Morgan fingerprint density at radius 3 is 3.18 bits per heavy atom. The first kappa shape index (κ1) is 12.1. The number of aliphatic carboxylic acids is 1. The van der Waals surface area contributed by atoms with Crippen LogP contribution in [0, 0.1) is 5.92 Å². The molecule has 1 saturated heterocycles.